The molecule has 0 heterocycles. The molecule has 0 saturated heterocycles. The number of hydrogen-bond donors (Lipinski definition) is 1. The van der Waals surface area contributed by atoms with Gasteiger partial charge in [-0.1, -0.05) is 43.2 Å². The van der Waals surface area contributed by atoms with Crippen LogP contribution in [-0.4, -0.2) is 10.5 Å². The van der Waals surface area contributed by atoms with E-state index >= 15 is 0 Å². The highest BCUT2D eigenvalue weighted by atomic mass is 35.5. The molecule has 1 fully saturated rings. The van der Waals surface area contributed by atoms with Gasteiger partial charge in [0.2, 0.25) is 0 Å². The molecule has 1 saturated carbocycles. The Kier molecular flexibility index (Phi) is 2.80. The fraction of sp³-hybridized carbons (Fsp3) is 0.500. The monoisotopic (exact) mass is 210 g/mol. The molecule has 2 heteroatoms. The van der Waals surface area contributed by atoms with Crippen LogP contribution in [0, 0.1) is 0 Å². The van der Waals surface area contributed by atoms with Gasteiger partial charge in [0.05, 0.1) is 5.38 Å². The van der Waals surface area contributed by atoms with Crippen molar-refractivity contribution in [1.29, 1.82) is 0 Å². The smallest absolute Gasteiger partial charge is 0.106 e. The minimum absolute atomic E-state index is 0.140. The first-order valence-corrected chi connectivity index (χ1v) is 5.59. The van der Waals surface area contributed by atoms with Crippen LogP contribution >= 0.6 is 11.6 Å². The van der Waals surface area contributed by atoms with E-state index in [9.17, 15) is 5.11 Å². The average Bonchev–Trinajstić information content (AvgIpc) is 2.24. The van der Waals surface area contributed by atoms with Crippen molar-refractivity contribution in [3.05, 3.63) is 35.9 Å². The fourth-order valence-corrected chi connectivity index (χ4v) is 2.55. The van der Waals surface area contributed by atoms with E-state index in [2.05, 4.69) is 0 Å². The van der Waals surface area contributed by atoms with Crippen LogP contribution < -0.4 is 0 Å². The molecule has 1 nitrogen and oxygen atoms in total. The molecule has 14 heavy (non-hydrogen) atoms. The Labute approximate surface area is 89.7 Å². The van der Waals surface area contributed by atoms with Crippen LogP contribution in [0.3, 0.4) is 0 Å². The van der Waals surface area contributed by atoms with Crippen LogP contribution in [0.4, 0.5) is 0 Å². The number of benzene rings is 1. The second-order valence-corrected chi connectivity index (χ2v) is 4.53. The third-order valence-electron chi connectivity index (χ3n) is 3.06. The van der Waals surface area contributed by atoms with Crippen LogP contribution in [0.5, 0.6) is 0 Å². The van der Waals surface area contributed by atoms with Gasteiger partial charge in [0.1, 0.15) is 5.60 Å². The summed E-state index contributed by atoms with van der Waals surface area (Å²) in [6.45, 7) is 0. The van der Waals surface area contributed by atoms with E-state index in [1.807, 2.05) is 30.3 Å². The van der Waals surface area contributed by atoms with Gasteiger partial charge in [0.25, 0.3) is 0 Å². The summed E-state index contributed by atoms with van der Waals surface area (Å²) in [5.41, 5.74) is 0.154. The van der Waals surface area contributed by atoms with Gasteiger partial charge in [-0.05, 0) is 18.4 Å². The molecule has 0 aliphatic heterocycles. The normalized spacial score (nSPS) is 32.9. The topological polar surface area (TPSA) is 20.2 Å². The first-order valence-electron chi connectivity index (χ1n) is 5.15. The van der Waals surface area contributed by atoms with Gasteiger partial charge < -0.3 is 5.11 Å². The highest BCUT2D eigenvalue weighted by molar-refractivity contribution is 6.21. The maximum Gasteiger partial charge on any atom is 0.106 e. The summed E-state index contributed by atoms with van der Waals surface area (Å²) in [5, 5.41) is 10.3. The lowest BCUT2D eigenvalue weighted by Gasteiger charge is -2.37. The summed E-state index contributed by atoms with van der Waals surface area (Å²) in [6.07, 6.45) is 3.88. The van der Waals surface area contributed by atoms with E-state index in [1.54, 1.807) is 0 Å². The largest absolute Gasteiger partial charge is 0.384 e. The number of rotatable bonds is 1. The minimum Gasteiger partial charge on any atom is -0.384 e. The Morgan fingerprint density at radius 2 is 1.93 bits per heavy atom. The molecule has 0 radical (unpaired) electrons. The number of alkyl halides is 1. The van der Waals surface area contributed by atoms with Crippen molar-refractivity contribution in [2.45, 2.75) is 36.7 Å². The van der Waals surface area contributed by atoms with E-state index < -0.39 is 5.60 Å². The lowest BCUT2D eigenvalue weighted by molar-refractivity contribution is 0.00381. The zero-order valence-corrected chi connectivity index (χ0v) is 8.87. The molecule has 1 N–H and O–H groups in total. The van der Waals surface area contributed by atoms with Gasteiger partial charge in [-0.15, -0.1) is 11.6 Å². The maximum absolute atomic E-state index is 10.5. The Hall–Kier alpha value is -0.530. The second kappa shape index (κ2) is 3.92. The second-order valence-electron chi connectivity index (χ2n) is 4.00. The predicted molar refractivity (Wildman–Crippen MR) is 58.4 cm³/mol. The lowest BCUT2D eigenvalue weighted by Crippen LogP contribution is -2.38. The highest BCUT2D eigenvalue weighted by Gasteiger charge is 2.38. The third kappa shape index (κ3) is 1.67. The number of aliphatic hydroxyl groups is 1. The van der Waals surface area contributed by atoms with Gasteiger partial charge >= 0.3 is 0 Å². The van der Waals surface area contributed by atoms with Crippen molar-refractivity contribution < 1.29 is 5.11 Å². The molecular formula is C12H15ClO. The summed E-state index contributed by atoms with van der Waals surface area (Å²) < 4.78 is 0. The van der Waals surface area contributed by atoms with Gasteiger partial charge in [0, 0.05) is 0 Å². The summed E-state index contributed by atoms with van der Waals surface area (Å²) >= 11 is 6.21. The van der Waals surface area contributed by atoms with Gasteiger partial charge in [-0.3, -0.25) is 0 Å². The molecule has 2 atom stereocenters. The SMILES string of the molecule is O[C@@]1(c2ccccc2)CCCC[C@@H]1Cl. The minimum atomic E-state index is -0.804. The highest BCUT2D eigenvalue weighted by Crippen LogP contribution is 2.40. The van der Waals surface area contributed by atoms with Gasteiger partial charge in [-0.25, -0.2) is 0 Å². The molecule has 1 aliphatic rings. The Balaban J connectivity index is 2.30. The van der Waals surface area contributed by atoms with Gasteiger partial charge in [-0.2, -0.15) is 0 Å². The zero-order chi connectivity index (χ0) is 10.0. The standard InChI is InChI=1S/C12H15ClO/c13-11-8-4-5-9-12(11,14)10-6-2-1-3-7-10/h1-3,6-7,11,14H,4-5,8-9H2/t11-,12+/m0/s1. The lowest BCUT2D eigenvalue weighted by atomic mass is 9.79. The van der Waals surface area contributed by atoms with Crippen molar-refractivity contribution >= 4 is 11.6 Å². The Morgan fingerprint density at radius 1 is 1.21 bits per heavy atom. The Bertz CT molecular complexity index is 298. The summed E-state index contributed by atoms with van der Waals surface area (Å²) in [5.74, 6) is 0. The molecule has 1 aromatic rings. The van der Waals surface area contributed by atoms with E-state index in [-0.39, 0.29) is 5.38 Å². The van der Waals surface area contributed by atoms with Crippen molar-refractivity contribution in [2.75, 3.05) is 0 Å². The number of hydrogen-bond acceptors (Lipinski definition) is 1. The quantitative estimate of drug-likeness (QED) is 0.707. The third-order valence-corrected chi connectivity index (χ3v) is 3.64. The molecule has 0 spiro atoms. The van der Waals surface area contributed by atoms with Crippen LogP contribution in [-0.2, 0) is 5.60 Å². The molecule has 2 rings (SSSR count). The fourth-order valence-electron chi connectivity index (χ4n) is 2.17. The molecule has 1 aromatic carbocycles. The van der Waals surface area contributed by atoms with E-state index in [0.717, 1.165) is 31.2 Å². The van der Waals surface area contributed by atoms with Crippen molar-refractivity contribution in [1.82, 2.24) is 0 Å². The number of halogens is 1. The van der Waals surface area contributed by atoms with Crippen LogP contribution in [0.1, 0.15) is 31.2 Å². The molecule has 76 valence electrons. The van der Waals surface area contributed by atoms with E-state index in [4.69, 9.17) is 11.6 Å². The van der Waals surface area contributed by atoms with Crippen molar-refractivity contribution in [3.8, 4) is 0 Å². The predicted octanol–water partition coefficient (Wildman–Crippen LogP) is 3.06. The molecule has 0 amide bonds. The van der Waals surface area contributed by atoms with Crippen LogP contribution in [0.15, 0.2) is 30.3 Å². The van der Waals surface area contributed by atoms with Gasteiger partial charge in [0.15, 0.2) is 0 Å². The molecular weight excluding hydrogens is 196 g/mol. The summed E-state index contributed by atoms with van der Waals surface area (Å²) in [6, 6.07) is 9.78. The molecule has 1 aliphatic carbocycles. The van der Waals surface area contributed by atoms with Crippen molar-refractivity contribution in [3.63, 3.8) is 0 Å². The summed E-state index contributed by atoms with van der Waals surface area (Å²) in [7, 11) is 0. The molecule has 0 aromatic heterocycles. The molecule has 0 bridgehead atoms. The maximum atomic E-state index is 10.5. The van der Waals surface area contributed by atoms with E-state index in [0.29, 0.717) is 0 Å². The van der Waals surface area contributed by atoms with E-state index in [1.165, 1.54) is 0 Å². The summed E-state index contributed by atoms with van der Waals surface area (Å²) in [4.78, 5) is 0. The Morgan fingerprint density at radius 3 is 2.57 bits per heavy atom. The first-order chi connectivity index (χ1) is 6.73. The van der Waals surface area contributed by atoms with Crippen molar-refractivity contribution in [2.24, 2.45) is 0 Å². The first kappa shape index (κ1) is 10.0. The molecule has 0 unspecified atom stereocenters. The van der Waals surface area contributed by atoms with Crippen LogP contribution in [0.25, 0.3) is 0 Å². The van der Waals surface area contributed by atoms with Crippen LogP contribution in [0.2, 0.25) is 0 Å². The zero-order valence-electron chi connectivity index (χ0n) is 8.12. The average molecular weight is 211 g/mol.